The van der Waals surface area contributed by atoms with Crippen LogP contribution in [0.1, 0.15) is 38.2 Å². The number of nitrogens with one attached hydrogen (secondary N) is 2. The first-order chi connectivity index (χ1) is 9.61. The maximum atomic E-state index is 11.5. The summed E-state index contributed by atoms with van der Waals surface area (Å²) in [5.74, 6) is -0.852. The van der Waals surface area contributed by atoms with Gasteiger partial charge < -0.3 is 15.7 Å². The van der Waals surface area contributed by atoms with Crippen molar-refractivity contribution in [1.82, 2.24) is 5.32 Å². The summed E-state index contributed by atoms with van der Waals surface area (Å²) in [6.07, 6.45) is 3.87. The van der Waals surface area contributed by atoms with Crippen molar-refractivity contribution in [3.05, 3.63) is 29.8 Å². The average molecular weight is 278 g/mol. The van der Waals surface area contributed by atoms with Crippen molar-refractivity contribution in [2.24, 2.45) is 0 Å². The van der Waals surface area contributed by atoms with Crippen LogP contribution in [-0.4, -0.2) is 23.7 Å². The molecule has 1 rings (SSSR count). The summed E-state index contributed by atoms with van der Waals surface area (Å²) < 4.78 is 0. The summed E-state index contributed by atoms with van der Waals surface area (Å²) in [6, 6.07) is 7.46. The molecule has 0 fully saturated rings. The Kier molecular flexibility index (Phi) is 7.17. The number of carboxylic acid groups (broad SMARTS) is 1. The standard InChI is InChI=1S/C15H22N2O3/c1-2-3-5-12-7-9-13(10-8-12)17-15(20)16-11-4-6-14(18)19/h7-10H,2-6,11H2,1H3,(H,18,19)(H2,16,17,20). The van der Waals surface area contributed by atoms with Crippen molar-refractivity contribution >= 4 is 17.7 Å². The Labute approximate surface area is 119 Å². The number of carbonyl (C=O) groups is 2. The van der Waals surface area contributed by atoms with Gasteiger partial charge in [-0.3, -0.25) is 4.79 Å². The van der Waals surface area contributed by atoms with Crippen molar-refractivity contribution in [1.29, 1.82) is 0 Å². The zero-order valence-corrected chi connectivity index (χ0v) is 11.8. The van der Waals surface area contributed by atoms with Gasteiger partial charge in [0, 0.05) is 18.7 Å². The third-order valence-corrected chi connectivity index (χ3v) is 2.88. The lowest BCUT2D eigenvalue weighted by atomic mass is 10.1. The van der Waals surface area contributed by atoms with E-state index in [0.29, 0.717) is 13.0 Å². The summed E-state index contributed by atoms with van der Waals surface area (Å²) >= 11 is 0. The molecule has 0 radical (unpaired) electrons. The highest BCUT2D eigenvalue weighted by Gasteiger charge is 2.02. The molecule has 0 atom stereocenters. The molecule has 0 unspecified atom stereocenters. The Hall–Kier alpha value is -2.04. The van der Waals surface area contributed by atoms with Gasteiger partial charge >= 0.3 is 12.0 Å². The molecule has 1 aromatic carbocycles. The zero-order chi connectivity index (χ0) is 14.8. The first kappa shape index (κ1) is 16.0. The van der Waals surface area contributed by atoms with Gasteiger partial charge in [-0.2, -0.15) is 0 Å². The molecule has 1 aromatic rings. The van der Waals surface area contributed by atoms with Crippen LogP contribution < -0.4 is 10.6 Å². The molecule has 0 bridgehead atoms. The Bertz CT molecular complexity index is 429. The largest absolute Gasteiger partial charge is 0.481 e. The summed E-state index contributed by atoms with van der Waals surface area (Å²) in [5, 5.41) is 13.8. The Morgan fingerprint density at radius 2 is 1.85 bits per heavy atom. The lowest BCUT2D eigenvalue weighted by Crippen LogP contribution is -2.29. The molecule has 20 heavy (non-hydrogen) atoms. The number of aryl methyl sites for hydroxylation is 1. The van der Waals surface area contributed by atoms with Crippen molar-refractivity contribution in [2.75, 3.05) is 11.9 Å². The molecule has 0 saturated carbocycles. The summed E-state index contributed by atoms with van der Waals surface area (Å²) in [7, 11) is 0. The van der Waals surface area contributed by atoms with Gasteiger partial charge in [0.05, 0.1) is 0 Å². The molecule has 5 heteroatoms. The number of urea groups is 1. The van der Waals surface area contributed by atoms with Gasteiger partial charge in [-0.25, -0.2) is 4.79 Å². The first-order valence-electron chi connectivity index (χ1n) is 6.97. The number of anilines is 1. The number of unbranched alkanes of at least 4 members (excludes halogenated alkanes) is 1. The highest BCUT2D eigenvalue weighted by atomic mass is 16.4. The van der Waals surface area contributed by atoms with Crippen LogP contribution in [0.3, 0.4) is 0 Å². The molecule has 0 aliphatic carbocycles. The van der Waals surface area contributed by atoms with E-state index in [-0.39, 0.29) is 12.5 Å². The number of aliphatic carboxylic acids is 1. The number of hydrogen-bond acceptors (Lipinski definition) is 2. The van der Waals surface area contributed by atoms with Gasteiger partial charge in [0.2, 0.25) is 0 Å². The van der Waals surface area contributed by atoms with Crippen LogP contribution in [-0.2, 0) is 11.2 Å². The van der Waals surface area contributed by atoms with E-state index in [1.54, 1.807) is 0 Å². The zero-order valence-electron chi connectivity index (χ0n) is 11.8. The third-order valence-electron chi connectivity index (χ3n) is 2.88. The molecule has 110 valence electrons. The lowest BCUT2D eigenvalue weighted by Gasteiger charge is -2.08. The molecule has 0 saturated heterocycles. The number of benzene rings is 1. The van der Waals surface area contributed by atoms with Gasteiger partial charge in [0.15, 0.2) is 0 Å². The number of amides is 2. The number of rotatable bonds is 8. The Morgan fingerprint density at radius 3 is 2.45 bits per heavy atom. The second-order valence-corrected chi connectivity index (χ2v) is 4.68. The van der Waals surface area contributed by atoms with E-state index in [0.717, 1.165) is 18.5 Å². The minimum Gasteiger partial charge on any atom is -0.481 e. The minimum atomic E-state index is -0.852. The van der Waals surface area contributed by atoms with E-state index in [4.69, 9.17) is 5.11 Å². The van der Waals surface area contributed by atoms with Crippen molar-refractivity contribution in [3.63, 3.8) is 0 Å². The minimum absolute atomic E-state index is 0.0619. The normalized spacial score (nSPS) is 10.1. The molecule has 0 spiro atoms. The summed E-state index contributed by atoms with van der Waals surface area (Å²) in [5.41, 5.74) is 2.00. The molecule has 5 nitrogen and oxygen atoms in total. The number of carboxylic acids is 1. The SMILES string of the molecule is CCCCc1ccc(NC(=O)NCCCC(=O)O)cc1. The summed E-state index contributed by atoms with van der Waals surface area (Å²) in [4.78, 5) is 21.9. The summed E-state index contributed by atoms with van der Waals surface area (Å²) in [6.45, 7) is 2.51. The average Bonchev–Trinajstić information content (AvgIpc) is 2.43. The van der Waals surface area contributed by atoms with Crippen LogP contribution in [0.5, 0.6) is 0 Å². The van der Waals surface area contributed by atoms with E-state index in [1.165, 1.54) is 12.0 Å². The van der Waals surface area contributed by atoms with Gasteiger partial charge in [-0.1, -0.05) is 25.5 Å². The van der Waals surface area contributed by atoms with Crippen LogP contribution in [0.2, 0.25) is 0 Å². The predicted octanol–water partition coefficient (Wildman–Crippen LogP) is 3.02. The van der Waals surface area contributed by atoms with E-state index in [2.05, 4.69) is 17.6 Å². The van der Waals surface area contributed by atoms with Gasteiger partial charge in [0.1, 0.15) is 0 Å². The molecule has 0 aromatic heterocycles. The molecule has 3 N–H and O–H groups in total. The quantitative estimate of drug-likeness (QED) is 0.640. The highest BCUT2D eigenvalue weighted by Crippen LogP contribution is 2.11. The van der Waals surface area contributed by atoms with Gasteiger partial charge in [-0.05, 0) is 37.0 Å². The topological polar surface area (TPSA) is 78.4 Å². The Morgan fingerprint density at radius 1 is 1.15 bits per heavy atom. The monoisotopic (exact) mass is 278 g/mol. The fourth-order valence-corrected chi connectivity index (χ4v) is 1.75. The second-order valence-electron chi connectivity index (χ2n) is 4.68. The molecule has 0 aliphatic rings. The molecule has 0 aliphatic heterocycles. The van der Waals surface area contributed by atoms with Crippen molar-refractivity contribution in [3.8, 4) is 0 Å². The molecular weight excluding hydrogens is 256 g/mol. The smallest absolute Gasteiger partial charge is 0.319 e. The molecule has 2 amide bonds. The molecule has 0 heterocycles. The maximum absolute atomic E-state index is 11.5. The highest BCUT2D eigenvalue weighted by molar-refractivity contribution is 5.89. The van der Waals surface area contributed by atoms with E-state index < -0.39 is 5.97 Å². The third kappa shape index (κ3) is 6.78. The fourth-order valence-electron chi connectivity index (χ4n) is 1.75. The lowest BCUT2D eigenvalue weighted by molar-refractivity contribution is -0.137. The van der Waals surface area contributed by atoms with E-state index in [1.807, 2.05) is 24.3 Å². The Balaban J connectivity index is 2.29. The van der Waals surface area contributed by atoms with Gasteiger partial charge in [0.25, 0.3) is 0 Å². The van der Waals surface area contributed by atoms with E-state index >= 15 is 0 Å². The number of hydrogen-bond donors (Lipinski definition) is 3. The maximum Gasteiger partial charge on any atom is 0.319 e. The first-order valence-corrected chi connectivity index (χ1v) is 6.97. The number of carbonyl (C=O) groups excluding carboxylic acids is 1. The fraction of sp³-hybridized carbons (Fsp3) is 0.467. The predicted molar refractivity (Wildman–Crippen MR) is 78.9 cm³/mol. The van der Waals surface area contributed by atoms with E-state index in [9.17, 15) is 9.59 Å². The second kappa shape index (κ2) is 8.96. The molecular formula is C15H22N2O3. The van der Waals surface area contributed by atoms with Crippen molar-refractivity contribution in [2.45, 2.75) is 39.0 Å². The van der Waals surface area contributed by atoms with Crippen LogP contribution >= 0.6 is 0 Å². The van der Waals surface area contributed by atoms with Crippen molar-refractivity contribution < 1.29 is 14.7 Å². The van der Waals surface area contributed by atoms with Gasteiger partial charge in [-0.15, -0.1) is 0 Å². The van der Waals surface area contributed by atoms with Crippen LogP contribution in [0.15, 0.2) is 24.3 Å². The van der Waals surface area contributed by atoms with Crippen LogP contribution in [0, 0.1) is 0 Å². The van der Waals surface area contributed by atoms with Crippen LogP contribution in [0.4, 0.5) is 10.5 Å². The van der Waals surface area contributed by atoms with Crippen LogP contribution in [0.25, 0.3) is 0 Å².